The van der Waals surface area contributed by atoms with E-state index in [1.54, 1.807) is 16.4 Å². The van der Waals surface area contributed by atoms with E-state index < -0.39 is 10.0 Å². The second kappa shape index (κ2) is 6.48. The first-order valence-electron chi connectivity index (χ1n) is 7.97. The summed E-state index contributed by atoms with van der Waals surface area (Å²) in [7, 11) is -3.48. The molecule has 1 aliphatic heterocycles. The highest BCUT2D eigenvalue weighted by molar-refractivity contribution is 7.89. The fraction of sp³-hybridized carbons (Fsp3) is 0.625. The van der Waals surface area contributed by atoms with Gasteiger partial charge in [-0.2, -0.15) is 4.31 Å². The van der Waals surface area contributed by atoms with E-state index in [2.05, 4.69) is 5.32 Å². The predicted molar refractivity (Wildman–Crippen MR) is 88.7 cm³/mol. The van der Waals surface area contributed by atoms with Crippen LogP contribution in [0.4, 0.5) is 0 Å². The molecule has 0 atom stereocenters. The Kier molecular flexibility index (Phi) is 4.78. The first-order valence-corrected chi connectivity index (χ1v) is 9.79. The second-order valence-electron chi connectivity index (χ2n) is 6.42. The van der Waals surface area contributed by atoms with Crippen molar-refractivity contribution >= 4 is 21.6 Å². The lowest BCUT2D eigenvalue weighted by molar-refractivity contribution is 0.288. The van der Waals surface area contributed by atoms with Gasteiger partial charge in [0.05, 0.1) is 5.02 Å². The van der Waals surface area contributed by atoms with E-state index >= 15 is 0 Å². The molecule has 3 rings (SSSR count). The van der Waals surface area contributed by atoms with E-state index in [1.165, 1.54) is 12.8 Å². The Morgan fingerprint density at radius 2 is 1.91 bits per heavy atom. The van der Waals surface area contributed by atoms with Crippen LogP contribution in [0.5, 0.6) is 0 Å². The molecule has 0 amide bonds. The lowest BCUT2D eigenvalue weighted by atomic mass is 10.1. The van der Waals surface area contributed by atoms with Crippen LogP contribution < -0.4 is 5.32 Å². The summed E-state index contributed by atoms with van der Waals surface area (Å²) < 4.78 is 27.1. The van der Waals surface area contributed by atoms with Gasteiger partial charge >= 0.3 is 0 Å². The highest BCUT2D eigenvalue weighted by Crippen LogP contribution is 2.30. The quantitative estimate of drug-likeness (QED) is 0.895. The first kappa shape index (κ1) is 16.2. The normalized spacial score (nSPS) is 21.2. The van der Waals surface area contributed by atoms with Crippen LogP contribution in [0.25, 0.3) is 0 Å². The van der Waals surface area contributed by atoms with Gasteiger partial charge < -0.3 is 5.32 Å². The summed E-state index contributed by atoms with van der Waals surface area (Å²) in [5, 5.41) is 3.91. The third kappa shape index (κ3) is 3.48. The summed E-state index contributed by atoms with van der Waals surface area (Å²) in [5.41, 5.74) is 0.795. The van der Waals surface area contributed by atoms with Crippen molar-refractivity contribution in [3.05, 3.63) is 28.8 Å². The zero-order chi connectivity index (χ0) is 15.7. The molecule has 0 aromatic heterocycles. The summed E-state index contributed by atoms with van der Waals surface area (Å²) in [4.78, 5) is 0.235. The minimum absolute atomic E-state index is 0.235. The number of benzene rings is 1. The van der Waals surface area contributed by atoms with Crippen LogP contribution in [0, 0.1) is 12.8 Å². The molecule has 1 aromatic rings. The molecule has 122 valence electrons. The minimum Gasteiger partial charge on any atom is -0.314 e. The van der Waals surface area contributed by atoms with Crippen molar-refractivity contribution in [1.29, 1.82) is 0 Å². The third-order valence-corrected chi connectivity index (χ3v) is 7.17. The Morgan fingerprint density at radius 3 is 2.55 bits per heavy atom. The van der Waals surface area contributed by atoms with E-state index in [4.69, 9.17) is 11.6 Å². The number of piperidine rings is 1. The van der Waals surface area contributed by atoms with Crippen molar-refractivity contribution < 1.29 is 8.42 Å². The zero-order valence-corrected chi connectivity index (χ0v) is 14.5. The van der Waals surface area contributed by atoms with E-state index in [0.29, 0.717) is 24.2 Å². The smallest absolute Gasteiger partial charge is 0.244 e. The van der Waals surface area contributed by atoms with Crippen LogP contribution in [0.1, 0.15) is 31.2 Å². The molecular weight excluding hydrogens is 320 g/mol. The Labute approximate surface area is 137 Å². The average Bonchev–Trinajstić information content (AvgIpc) is 3.32. The summed E-state index contributed by atoms with van der Waals surface area (Å²) in [6.07, 6.45) is 4.42. The van der Waals surface area contributed by atoms with Crippen LogP contribution >= 0.6 is 11.6 Å². The molecule has 0 radical (unpaired) electrons. The number of rotatable bonds is 5. The lowest BCUT2D eigenvalue weighted by Gasteiger charge is -2.32. The maximum Gasteiger partial charge on any atom is 0.244 e. The average molecular weight is 343 g/mol. The van der Waals surface area contributed by atoms with Gasteiger partial charge in [0.25, 0.3) is 0 Å². The summed E-state index contributed by atoms with van der Waals surface area (Å²) in [5.74, 6) is 0.855. The van der Waals surface area contributed by atoms with Gasteiger partial charge in [-0.3, -0.25) is 0 Å². The van der Waals surface area contributed by atoms with Gasteiger partial charge in [0.2, 0.25) is 10.0 Å². The number of aryl methyl sites for hydroxylation is 1. The molecule has 1 heterocycles. The van der Waals surface area contributed by atoms with Crippen molar-refractivity contribution in [2.45, 2.75) is 43.5 Å². The second-order valence-corrected chi connectivity index (χ2v) is 8.70. The summed E-state index contributed by atoms with van der Waals surface area (Å²) in [6, 6.07) is 5.62. The van der Waals surface area contributed by atoms with Gasteiger partial charge in [-0.15, -0.1) is 0 Å². The number of hydrogen-bond donors (Lipinski definition) is 1. The van der Waals surface area contributed by atoms with Crippen LogP contribution in [0.3, 0.4) is 0 Å². The molecule has 0 unspecified atom stereocenters. The van der Waals surface area contributed by atoms with E-state index in [9.17, 15) is 8.42 Å². The SMILES string of the molecule is Cc1cccc(S(=O)(=O)N2CCC(NCC3CC3)CC2)c1Cl. The van der Waals surface area contributed by atoms with Gasteiger partial charge in [0, 0.05) is 19.1 Å². The van der Waals surface area contributed by atoms with Gasteiger partial charge in [-0.05, 0) is 56.7 Å². The molecule has 0 bridgehead atoms. The van der Waals surface area contributed by atoms with Crippen LogP contribution in [-0.4, -0.2) is 38.4 Å². The summed E-state index contributed by atoms with van der Waals surface area (Å²) >= 11 is 6.20. The molecule has 2 aliphatic rings. The standard InChI is InChI=1S/C16H23ClN2O2S/c1-12-3-2-4-15(16(12)17)22(20,21)19-9-7-14(8-10-19)18-11-13-5-6-13/h2-4,13-14,18H,5-11H2,1H3. The Hall–Kier alpha value is -0.620. The maximum absolute atomic E-state index is 12.8. The molecule has 1 aromatic carbocycles. The van der Waals surface area contributed by atoms with Gasteiger partial charge in [-0.1, -0.05) is 23.7 Å². The largest absolute Gasteiger partial charge is 0.314 e. The number of hydrogen-bond acceptors (Lipinski definition) is 3. The van der Waals surface area contributed by atoms with Gasteiger partial charge in [0.1, 0.15) is 4.90 Å². The van der Waals surface area contributed by atoms with Crippen molar-refractivity contribution in [3.63, 3.8) is 0 Å². The monoisotopic (exact) mass is 342 g/mol. The van der Waals surface area contributed by atoms with Crippen LogP contribution in [0.15, 0.2) is 23.1 Å². The molecule has 1 N–H and O–H groups in total. The third-order valence-electron chi connectivity index (χ3n) is 4.62. The molecule has 22 heavy (non-hydrogen) atoms. The van der Waals surface area contributed by atoms with E-state index in [0.717, 1.165) is 30.9 Å². The highest BCUT2D eigenvalue weighted by Gasteiger charge is 2.31. The van der Waals surface area contributed by atoms with Gasteiger partial charge in [0.15, 0.2) is 0 Å². The Morgan fingerprint density at radius 1 is 1.23 bits per heavy atom. The number of nitrogens with one attached hydrogen (secondary N) is 1. The van der Waals surface area contributed by atoms with Crippen molar-refractivity contribution in [2.24, 2.45) is 5.92 Å². The Bertz CT molecular complexity index is 636. The highest BCUT2D eigenvalue weighted by atomic mass is 35.5. The van der Waals surface area contributed by atoms with Crippen molar-refractivity contribution in [3.8, 4) is 0 Å². The molecule has 0 spiro atoms. The van der Waals surface area contributed by atoms with Gasteiger partial charge in [-0.25, -0.2) is 8.42 Å². The zero-order valence-electron chi connectivity index (χ0n) is 12.9. The molecular formula is C16H23ClN2O2S. The molecule has 1 saturated carbocycles. The minimum atomic E-state index is -3.48. The van der Waals surface area contributed by atoms with Crippen molar-refractivity contribution in [2.75, 3.05) is 19.6 Å². The Balaban J connectivity index is 1.65. The molecule has 4 nitrogen and oxygen atoms in total. The lowest BCUT2D eigenvalue weighted by Crippen LogP contribution is -2.45. The van der Waals surface area contributed by atoms with E-state index in [1.807, 2.05) is 13.0 Å². The first-order chi connectivity index (χ1) is 10.5. The number of nitrogens with zero attached hydrogens (tertiary/aromatic N) is 1. The molecule has 1 aliphatic carbocycles. The van der Waals surface area contributed by atoms with Crippen LogP contribution in [0.2, 0.25) is 5.02 Å². The van der Waals surface area contributed by atoms with Crippen molar-refractivity contribution in [1.82, 2.24) is 9.62 Å². The fourth-order valence-electron chi connectivity index (χ4n) is 2.91. The molecule has 2 fully saturated rings. The maximum atomic E-state index is 12.8. The van der Waals surface area contributed by atoms with E-state index in [-0.39, 0.29) is 4.90 Å². The molecule has 6 heteroatoms. The molecule has 1 saturated heterocycles. The number of sulfonamides is 1. The number of halogens is 1. The predicted octanol–water partition coefficient (Wildman–Crippen LogP) is 2.80. The van der Waals surface area contributed by atoms with Crippen LogP contribution in [-0.2, 0) is 10.0 Å². The topological polar surface area (TPSA) is 49.4 Å². The fourth-order valence-corrected chi connectivity index (χ4v) is 4.94. The summed E-state index contributed by atoms with van der Waals surface area (Å²) in [6.45, 7) is 4.04.